The number of ether oxygens (including phenoxy) is 1. The molecule has 1 aromatic heterocycles. The minimum absolute atomic E-state index is 0.269. The number of benzene rings is 1. The lowest BCUT2D eigenvalue weighted by atomic mass is 10.1. The highest BCUT2D eigenvalue weighted by atomic mass is 32.1. The van der Waals surface area contributed by atoms with Gasteiger partial charge in [0, 0.05) is 18.9 Å². The standard InChI is InChI=1S/C15H16N2O3S/c1-20-7-13-16-11(8-21-13)15(19)17-14-10-5-3-2-4-9(10)6-12(14)18/h2-5,8,12,14,18H,6-7H2,1H3,(H,17,19). The SMILES string of the molecule is COCc1nc(C(=O)NC2c3ccccc3CC2O)cs1. The van der Waals surface area contributed by atoms with Crippen LogP contribution in [0.2, 0.25) is 0 Å². The van der Waals surface area contributed by atoms with Crippen LogP contribution in [0.1, 0.15) is 32.7 Å². The molecule has 0 spiro atoms. The molecule has 1 amide bonds. The Kier molecular flexibility index (Phi) is 4.01. The predicted molar refractivity (Wildman–Crippen MR) is 79.2 cm³/mol. The third-order valence-electron chi connectivity index (χ3n) is 3.54. The first-order valence-electron chi connectivity index (χ1n) is 6.69. The van der Waals surface area contributed by atoms with Crippen LogP contribution in [0.25, 0.3) is 0 Å². The smallest absolute Gasteiger partial charge is 0.271 e. The average Bonchev–Trinajstić information content (AvgIpc) is 3.05. The van der Waals surface area contributed by atoms with E-state index >= 15 is 0 Å². The number of aromatic nitrogens is 1. The Morgan fingerprint density at radius 3 is 3.14 bits per heavy atom. The number of amides is 1. The van der Waals surface area contributed by atoms with Crippen LogP contribution < -0.4 is 5.32 Å². The van der Waals surface area contributed by atoms with Crippen LogP contribution in [0.5, 0.6) is 0 Å². The zero-order valence-electron chi connectivity index (χ0n) is 11.6. The Labute approximate surface area is 126 Å². The Hall–Kier alpha value is -1.76. The molecule has 21 heavy (non-hydrogen) atoms. The van der Waals surface area contributed by atoms with Gasteiger partial charge in [-0.05, 0) is 11.1 Å². The Morgan fingerprint density at radius 2 is 2.33 bits per heavy atom. The first kappa shape index (κ1) is 14.2. The number of carbonyl (C=O) groups is 1. The van der Waals surface area contributed by atoms with Crippen LogP contribution in [-0.4, -0.2) is 29.2 Å². The molecule has 3 rings (SSSR count). The minimum Gasteiger partial charge on any atom is -0.390 e. The van der Waals surface area contributed by atoms with E-state index in [-0.39, 0.29) is 11.9 Å². The molecule has 2 aromatic rings. The van der Waals surface area contributed by atoms with E-state index in [0.29, 0.717) is 18.7 Å². The van der Waals surface area contributed by atoms with E-state index in [1.54, 1.807) is 12.5 Å². The van der Waals surface area contributed by atoms with Crippen molar-refractivity contribution in [2.24, 2.45) is 0 Å². The number of carbonyl (C=O) groups excluding carboxylic acids is 1. The molecule has 1 aliphatic rings. The highest BCUT2D eigenvalue weighted by Crippen LogP contribution is 2.31. The van der Waals surface area contributed by atoms with Crippen molar-refractivity contribution in [2.75, 3.05) is 7.11 Å². The van der Waals surface area contributed by atoms with Gasteiger partial charge in [0.05, 0.1) is 18.8 Å². The number of thiazole rings is 1. The average molecular weight is 304 g/mol. The molecule has 0 aliphatic heterocycles. The fourth-order valence-electron chi connectivity index (χ4n) is 2.57. The van der Waals surface area contributed by atoms with E-state index in [1.165, 1.54) is 11.3 Å². The largest absolute Gasteiger partial charge is 0.390 e. The topological polar surface area (TPSA) is 71.5 Å². The first-order valence-corrected chi connectivity index (χ1v) is 7.57. The number of fused-ring (bicyclic) bond motifs is 1. The zero-order chi connectivity index (χ0) is 14.8. The maximum atomic E-state index is 12.3. The third kappa shape index (κ3) is 2.83. The molecule has 1 heterocycles. The van der Waals surface area contributed by atoms with Crippen molar-refractivity contribution in [1.29, 1.82) is 0 Å². The van der Waals surface area contributed by atoms with Gasteiger partial charge >= 0.3 is 0 Å². The molecular formula is C15H16N2O3S. The van der Waals surface area contributed by atoms with E-state index in [0.717, 1.165) is 16.1 Å². The van der Waals surface area contributed by atoms with Crippen LogP contribution in [-0.2, 0) is 17.8 Å². The van der Waals surface area contributed by atoms with Gasteiger partial charge in [0.2, 0.25) is 0 Å². The normalized spacial score (nSPS) is 20.3. The fourth-order valence-corrected chi connectivity index (χ4v) is 3.31. The van der Waals surface area contributed by atoms with Gasteiger partial charge in [-0.15, -0.1) is 11.3 Å². The van der Waals surface area contributed by atoms with Crippen LogP contribution in [0.15, 0.2) is 29.6 Å². The quantitative estimate of drug-likeness (QED) is 0.901. The molecule has 110 valence electrons. The van der Waals surface area contributed by atoms with Gasteiger partial charge < -0.3 is 15.2 Å². The fraction of sp³-hybridized carbons (Fsp3) is 0.333. The van der Waals surface area contributed by atoms with Crippen molar-refractivity contribution < 1.29 is 14.6 Å². The summed E-state index contributed by atoms with van der Waals surface area (Å²) in [5.74, 6) is -0.269. The summed E-state index contributed by atoms with van der Waals surface area (Å²) in [4.78, 5) is 16.5. The van der Waals surface area contributed by atoms with Crippen molar-refractivity contribution in [3.8, 4) is 0 Å². The summed E-state index contributed by atoms with van der Waals surface area (Å²) >= 11 is 1.39. The molecule has 6 heteroatoms. The van der Waals surface area contributed by atoms with Crippen LogP contribution in [0.4, 0.5) is 0 Å². The Balaban J connectivity index is 1.75. The molecule has 0 saturated heterocycles. The maximum absolute atomic E-state index is 12.3. The third-order valence-corrected chi connectivity index (χ3v) is 4.37. The molecule has 5 nitrogen and oxygen atoms in total. The summed E-state index contributed by atoms with van der Waals surface area (Å²) in [6.07, 6.45) is -0.0314. The lowest BCUT2D eigenvalue weighted by Crippen LogP contribution is -2.34. The summed E-state index contributed by atoms with van der Waals surface area (Å²) in [7, 11) is 1.59. The van der Waals surface area contributed by atoms with Crippen molar-refractivity contribution in [2.45, 2.75) is 25.2 Å². The highest BCUT2D eigenvalue weighted by molar-refractivity contribution is 7.09. The predicted octanol–water partition coefficient (Wildman–Crippen LogP) is 1.68. The van der Waals surface area contributed by atoms with Gasteiger partial charge in [-0.1, -0.05) is 24.3 Å². The molecular weight excluding hydrogens is 288 g/mol. The minimum atomic E-state index is -0.594. The lowest BCUT2D eigenvalue weighted by molar-refractivity contribution is 0.0853. The van der Waals surface area contributed by atoms with Crippen LogP contribution >= 0.6 is 11.3 Å². The number of hydrogen-bond donors (Lipinski definition) is 2. The summed E-state index contributed by atoms with van der Waals surface area (Å²) in [6, 6.07) is 7.39. The molecule has 0 bridgehead atoms. The van der Waals surface area contributed by atoms with E-state index in [9.17, 15) is 9.90 Å². The van der Waals surface area contributed by atoms with E-state index < -0.39 is 6.10 Å². The van der Waals surface area contributed by atoms with Crippen molar-refractivity contribution in [1.82, 2.24) is 10.3 Å². The van der Waals surface area contributed by atoms with Crippen LogP contribution in [0.3, 0.4) is 0 Å². The second kappa shape index (κ2) is 5.93. The number of nitrogens with one attached hydrogen (secondary N) is 1. The molecule has 1 aromatic carbocycles. The maximum Gasteiger partial charge on any atom is 0.271 e. The van der Waals surface area contributed by atoms with Gasteiger partial charge in [0.1, 0.15) is 10.7 Å². The van der Waals surface area contributed by atoms with E-state index in [1.807, 2.05) is 24.3 Å². The van der Waals surface area contributed by atoms with Gasteiger partial charge in [0.25, 0.3) is 5.91 Å². The summed E-state index contributed by atoms with van der Waals surface area (Å²) in [6.45, 7) is 0.396. The molecule has 0 saturated carbocycles. The summed E-state index contributed by atoms with van der Waals surface area (Å²) < 4.78 is 4.99. The van der Waals surface area contributed by atoms with Crippen LogP contribution in [0, 0.1) is 0 Å². The molecule has 2 N–H and O–H groups in total. The highest BCUT2D eigenvalue weighted by Gasteiger charge is 2.32. The zero-order valence-corrected chi connectivity index (χ0v) is 12.4. The van der Waals surface area contributed by atoms with Crippen molar-refractivity contribution >= 4 is 17.2 Å². The van der Waals surface area contributed by atoms with Crippen molar-refractivity contribution in [3.05, 3.63) is 51.5 Å². The van der Waals surface area contributed by atoms with Gasteiger partial charge in [0.15, 0.2) is 0 Å². The number of rotatable bonds is 4. The number of nitrogens with zero attached hydrogens (tertiary/aromatic N) is 1. The second-order valence-corrected chi connectivity index (χ2v) is 5.92. The van der Waals surface area contributed by atoms with Crippen molar-refractivity contribution in [3.63, 3.8) is 0 Å². The monoisotopic (exact) mass is 304 g/mol. The molecule has 0 radical (unpaired) electrons. The molecule has 1 aliphatic carbocycles. The van der Waals surface area contributed by atoms with E-state index in [4.69, 9.17) is 4.74 Å². The number of hydrogen-bond acceptors (Lipinski definition) is 5. The lowest BCUT2D eigenvalue weighted by Gasteiger charge is -2.17. The molecule has 0 fully saturated rings. The first-order chi connectivity index (χ1) is 10.2. The molecule has 2 atom stereocenters. The number of methoxy groups -OCH3 is 1. The van der Waals surface area contributed by atoms with Gasteiger partial charge in [-0.3, -0.25) is 4.79 Å². The number of aliphatic hydroxyl groups is 1. The van der Waals surface area contributed by atoms with E-state index in [2.05, 4.69) is 10.3 Å². The number of aliphatic hydroxyl groups excluding tert-OH is 1. The Morgan fingerprint density at radius 1 is 1.52 bits per heavy atom. The van der Waals surface area contributed by atoms with Gasteiger partial charge in [-0.2, -0.15) is 0 Å². The molecule has 2 unspecified atom stereocenters. The Bertz CT molecular complexity index is 656. The summed E-state index contributed by atoms with van der Waals surface area (Å²) in [5.41, 5.74) is 2.42. The van der Waals surface area contributed by atoms with Gasteiger partial charge in [-0.25, -0.2) is 4.98 Å². The summed E-state index contributed by atoms with van der Waals surface area (Å²) in [5, 5.41) is 15.5. The second-order valence-electron chi connectivity index (χ2n) is 4.98.